The lowest BCUT2D eigenvalue weighted by Crippen LogP contribution is -2.15. The van der Waals surface area contributed by atoms with Gasteiger partial charge in [0.1, 0.15) is 0 Å². The zero-order valence-electron chi connectivity index (χ0n) is 15.0. The molecule has 1 fully saturated rings. The summed E-state index contributed by atoms with van der Waals surface area (Å²) in [5.41, 5.74) is 7.85. The number of carbonyl (C=O) groups excluding carboxylic acids is 1. The zero-order chi connectivity index (χ0) is 18.8. The van der Waals surface area contributed by atoms with Crippen molar-refractivity contribution in [3.63, 3.8) is 0 Å². The van der Waals surface area contributed by atoms with Crippen LogP contribution >= 0.6 is 0 Å². The van der Waals surface area contributed by atoms with E-state index in [2.05, 4.69) is 15.4 Å². The molecule has 2 aromatic heterocycles. The van der Waals surface area contributed by atoms with Crippen molar-refractivity contribution in [3.05, 3.63) is 42.2 Å². The summed E-state index contributed by atoms with van der Waals surface area (Å²) in [6.45, 7) is 2.11. The van der Waals surface area contributed by atoms with Gasteiger partial charge in [-0.25, -0.2) is 4.98 Å². The van der Waals surface area contributed by atoms with Crippen LogP contribution in [-0.4, -0.2) is 40.5 Å². The fraction of sp³-hybridized carbons (Fsp3) is 0.316. The normalized spacial score (nSPS) is 16.6. The first-order valence-electron chi connectivity index (χ1n) is 8.81. The van der Waals surface area contributed by atoms with Crippen molar-refractivity contribution in [2.24, 2.45) is 13.0 Å². The number of benzene rings is 1. The molecule has 0 saturated carbocycles. The molecule has 1 aliphatic rings. The van der Waals surface area contributed by atoms with Crippen LogP contribution in [0.3, 0.4) is 0 Å². The minimum atomic E-state index is -0.354. The minimum Gasteiger partial charge on any atom is -0.476 e. The summed E-state index contributed by atoms with van der Waals surface area (Å²) in [5, 5.41) is 8.17. The molecule has 0 spiro atoms. The summed E-state index contributed by atoms with van der Waals surface area (Å²) in [6, 6.07) is 8.88. The molecule has 8 heteroatoms. The van der Waals surface area contributed by atoms with Gasteiger partial charge < -0.3 is 20.5 Å². The Balaban J connectivity index is 1.53. The molecule has 140 valence electrons. The summed E-state index contributed by atoms with van der Waals surface area (Å²) >= 11 is 0. The maximum absolute atomic E-state index is 12.4. The number of nitrogens with two attached hydrogens (primary N) is 1. The number of aromatic nitrogens is 3. The van der Waals surface area contributed by atoms with E-state index in [0.29, 0.717) is 29.8 Å². The van der Waals surface area contributed by atoms with Crippen LogP contribution in [0.4, 0.5) is 11.4 Å². The van der Waals surface area contributed by atoms with Gasteiger partial charge in [-0.05, 0) is 36.8 Å². The Bertz CT molecular complexity index is 979. The smallest absolute Gasteiger partial charge is 0.276 e. The summed E-state index contributed by atoms with van der Waals surface area (Å²) in [7, 11) is 1.84. The molecular weight excluding hydrogens is 346 g/mol. The molecule has 1 amide bonds. The number of ether oxygens (including phenoxy) is 2. The lowest BCUT2D eigenvalue weighted by Gasteiger charge is -2.08. The summed E-state index contributed by atoms with van der Waals surface area (Å²) in [5.74, 6) is 0.642. The fourth-order valence-corrected chi connectivity index (χ4v) is 3.12. The minimum absolute atomic E-state index is 0.199. The molecule has 0 bridgehead atoms. The van der Waals surface area contributed by atoms with Crippen molar-refractivity contribution in [3.8, 4) is 5.88 Å². The van der Waals surface area contributed by atoms with Crippen molar-refractivity contribution in [2.75, 3.05) is 30.9 Å². The Kier molecular flexibility index (Phi) is 4.64. The maximum Gasteiger partial charge on any atom is 0.276 e. The summed E-state index contributed by atoms with van der Waals surface area (Å²) < 4.78 is 13.0. The molecule has 0 aliphatic carbocycles. The molecule has 1 atom stereocenters. The maximum atomic E-state index is 12.4. The van der Waals surface area contributed by atoms with Crippen LogP contribution in [0, 0.1) is 5.92 Å². The number of hydrogen-bond acceptors (Lipinski definition) is 6. The van der Waals surface area contributed by atoms with E-state index in [9.17, 15) is 4.79 Å². The third-order valence-corrected chi connectivity index (χ3v) is 4.61. The molecule has 27 heavy (non-hydrogen) atoms. The number of nitrogen functional groups attached to an aromatic ring is 1. The molecule has 3 heterocycles. The highest BCUT2D eigenvalue weighted by Crippen LogP contribution is 2.28. The Morgan fingerprint density at radius 3 is 3.11 bits per heavy atom. The van der Waals surface area contributed by atoms with Crippen LogP contribution in [0.15, 0.2) is 36.5 Å². The first-order chi connectivity index (χ1) is 13.1. The third-order valence-electron chi connectivity index (χ3n) is 4.61. The molecule has 0 radical (unpaired) electrons. The number of anilines is 2. The molecule has 8 nitrogen and oxygen atoms in total. The van der Waals surface area contributed by atoms with Gasteiger partial charge in [-0.1, -0.05) is 0 Å². The quantitative estimate of drug-likeness (QED) is 0.716. The number of hydrogen-bond donors (Lipinski definition) is 2. The van der Waals surface area contributed by atoms with Crippen molar-refractivity contribution in [1.29, 1.82) is 0 Å². The van der Waals surface area contributed by atoms with Gasteiger partial charge in [0.2, 0.25) is 5.88 Å². The highest BCUT2D eigenvalue weighted by molar-refractivity contribution is 6.06. The van der Waals surface area contributed by atoms with Gasteiger partial charge >= 0.3 is 0 Å². The third kappa shape index (κ3) is 3.56. The van der Waals surface area contributed by atoms with Crippen LogP contribution in [-0.2, 0) is 11.8 Å². The number of amides is 1. The Morgan fingerprint density at radius 2 is 2.33 bits per heavy atom. The summed E-state index contributed by atoms with van der Waals surface area (Å²) in [4.78, 5) is 16.4. The SMILES string of the molecule is Cn1nc(OC[C@@H]2CCOC2)c2ccc(NC(=O)c3ncccc3N)cc21. The van der Waals surface area contributed by atoms with E-state index in [4.69, 9.17) is 15.2 Å². The molecule has 3 aromatic rings. The van der Waals surface area contributed by atoms with Crippen molar-refractivity contribution < 1.29 is 14.3 Å². The molecule has 1 aromatic carbocycles. The van der Waals surface area contributed by atoms with Gasteiger partial charge in [-0.3, -0.25) is 9.48 Å². The second-order valence-corrected chi connectivity index (χ2v) is 6.60. The van der Waals surface area contributed by atoms with E-state index >= 15 is 0 Å². The molecule has 1 saturated heterocycles. The van der Waals surface area contributed by atoms with Crippen LogP contribution in [0.1, 0.15) is 16.9 Å². The molecular formula is C19H21N5O3. The molecule has 4 rings (SSSR count). The number of pyridine rings is 1. The van der Waals surface area contributed by atoms with Crippen molar-refractivity contribution in [1.82, 2.24) is 14.8 Å². The second-order valence-electron chi connectivity index (χ2n) is 6.60. The second kappa shape index (κ2) is 7.24. The molecule has 1 aliphatic heterocycles. The van der Waals surface area contributed by atoms with Gasteiger partial charge in [0.15, 0.2) is 5.69 Å². The van der Waals surface area contributed by atoms with E-state index in [1.165, 1.54) is 6.20 Å². The Labute approximate surface area is 156 Å². The van der Waals surface area contributed by atoms with Crippen LogP contribution in [0.2, 0.25) is 0 Å². The van der Waals surface area contributed by atoms with Crippen molar-refractivity contribution >= 4 is 28.2 Å². The molecule has 0 unspecified atom stereocenters. The first kappa shape index (κ1) is 17.3. The predicted octanol–water partition coefficient (Wildman–Crippen LogP) is 2.22. The highest BCUT2D eigenvalue weighted by atomic mass is 16.5. The van der Waals surface area contributed by atoms with Gasteiger partial charge in [-0.2, -0.15) is 0 Å². The number of rotatable bonds is 5. The van der Waals surface area contributed by atoms with E-state index in [1.807, 2.05) is 25.2 Å². The monoisotopic (exact) mass is 367 g/mol. The number of aryl methyl sites for hydroxylation is 1. The lowest BCUT2D eigenvalue weighted by molar-refractivity contribution is 0.102. The fourth-order valence-electron chi connectivity index (χ4n) is 3.12. The number of carbonyl (C=O) groups is 1. The average molecular weight is 367 g/mol. The standard InChI is InChI=1S/C19H21N5O3/c1-24-16-9-13(22-18(25)17-15(20)3-2-7-21-17)4-5-14(16)19(23-24)27-11-12-6-8-26-10-12/h2-5,7,9,12H,6,8,10-11,20H2,1H3,(H,22,25)/t12-/m1/s1. The number of nitrogens with zero attached hydrogens (tertiary/aromatic N) is 3. The lowest BCUT2D eigenvalue weighted by atomic mass is 10.1. The van der Waals surface area contributed by atoms with Crippen LogP contribution in [0.5, 0.6) is 5.88 Å². The van der Waals surface area contributed by atoms with E-state index < -0.39 is 0 Å². The average Bonchev–Trinajstić information content (AvgIpc) is 3.28. The van der Waals surface area contributed by atoms with Gasteiger partial charge in [0, 0.05) is 31.5 Å². The Morgan fingerprint density at radius 1 is 1.44 bits per heavy atom. The predicted molar refractivity (Wildman–Crippen MR) is 102 cm³/mol. The Hall–Kier alpha value is -3.13. The van der Waals surface area contributed by atoms with Gasteiger partial charge in [0.05, 0.1) is 29.8 Å². The number of nitrogens with one attached hydrogen (secondary N) is 1. The largest absolute Gasteiger partial charge is 0.476 e. The van der Waals surface area contributed by atoms with E-state index in [0.717, 1.165) is 30.5 Å². The topological polar surface area (TPSA) is 104 Å². The first-order valence-corrected chi connectivity index (χ1v) is 8.81. The van der Waals surface area contributed by atoms with E-state index in [1.54, 1.807) is 16.8 Å². The zero-order valence-corrected chi connectivity index (χ0v) is 15.0. The summed E-state index contributed by atoms with van der Waals surface area (Å²) in [6.07, 6.45) is 2.55. The van der Waals surface area contributed by atoms with Gasteiger partial charge in [-0.15, -0.1) is 5.10 Å². The number of fused-ring (bicyclic) bond motifs is 1. The molecule has 3 N–H and O–H groups in total. The van der Waals surface area contributed by atoms with Crippen molar-refractivity contribution in [2.45, 2.75) is 6.42 Å². The highest BCUT2D eigenvalue weighted by Gasteiger charge is 2.19. The van der Waals surface area contributed by atoms with Crippen LogP contribution < -0.4 is 15.8 Å². The van der Waals surface area contributed by atoms with Crippen LogP contribution in [0.25, 0.3) is 10.9 Å². The van der Waals surface area contributed by atoms with Gasteiger partial charge in [0.25, 0.3) is 5.91 Å². The van der Waals surface area contributed by atoms with E-state index in [-0.39, 0.29) is 11.6 Å².